The van der Waals surface area contributed by atoms with Crippen LogP contribution in [0.2, 0.25) is 0 Å². The Kier molecular flexibility index (Phi) is 5.78. The van der Waals surface area contributed by atoms with Gasteiger partial charge in [0, 0.05) is 19.2 Å². The molecule has 0 saturated heterocycles. The van der Waals surface area contributed by atoms with E-state index in [9.17, 15) is 4.79 Å². The number of thiophene rings is 1. The van der Waals surface area contributed by atoms with Crippen molar-refractivity contribution in [1.29, 1.82) is 0 Å². The fourth-order valence-electron chi connectivity index (χ4n) is 2.10. The quantitative estimate of drug-likeness (QED) is 0.855. The minimum atomic E-state index is -0.229. The average molecular weight is 305 g/mol. The van der Waals surface area contributed by atoms with Gasteiger partial charge < -0.3 is 14.8 Å². The normalized spacial score (nSPS) is 11.9. The lowest BCUT2D eigenvalue weighted by atomic mass is 10.1. The number of para-hydroxylation sites is 1. The number of ether oxygens (including phenoxy) is 2. The van der Waals surface area contributed by atoms with E-state index in [0.717, 1.165) is 16.9 Å². The Morgan fingerprint density at radius 2 is 2.10 bits per heavy atom. The summed E-state index contributed by atoms with van der Waals surface area (Å²) in [5.41, 5.74) is 1.96. The van der Waals surface area contributed by atoms with Gasteiger partial charge in [-0.05, 0) is 28.5 Å². The Bertz CT molecular complexity index is 569. The fourth-order valence-corrected chi connectivity index (χ4v) is 2.77. The standard InChI is InChI=1S/C16H19NO3S/c1-19-14-6-4-3-5-13(14)15(20-2)10-17-16(18)9-12-7-8-21-11-12/h3-8,11,15H,9-10H2,1-2H3,(H,17,18). The largest absolute Gasteiger partial charge is 0.496 e. The summed E-state index contributed by atoms with van der Waals surface area (Å²) >= 11 is 1.59. The highest BCUT2D eigenvalue weighted by Crippen LogP contribution is 2.26. The Labute approximate surface area is 128 Å². The second-order valence-electron chi connectivity index (χ2n) is 4.58. The van der Waals surface area contributed by atoms with Gasteiger partial charge in [0.2, 0.25) is 5.91 Å². The molecule has 1 amide bonds. The second kappa shape index (κ2) is 7.81. The van der Waals surface area contributed by atoms with E-state index in [-0.39, 0.29) is 12.0 Å². The van der Waals surface area contributed by atoms with Gasteiger partial charge in [0.1, 0.15) is 11.9 Å². The SMILES string of the molecule is COc1ccccc1C(CNC(=O)Cc1ccsc1)OC. The van der Waals surface area contributed by atoms with Crippen LogP contribution in [0.5, 0.6) is 5.75 Å². The van der Waals surface area contributed by atoms with Crippen LogP contribution in [-0.4, -0.2) is 26.7 Å². The minimum absolute atomic E-state index is 0.00894. The van der Waals surface area contributed by atoms with Gasteiger partial charge in [0.15, 0.2) is 0 Å². The van der Waals surface area contributed by atoms with Crippen LogP contribution in [0.3, 0.4) is 0 Å². The van der Waals surface area contributed by atoms with Crippen molar-refractivity contribution in [3.8, 4) is 5.75 Å². The smallest absolute Gasteiger partial charge is 0.224 e. The number of amides is 1. The first-order chi connectivity index (χ1) is 10.2. The monoisotopic (exact) mass is 305 g/mol. The molecule has 1 aromatic heterocycles. The molecule has 0 fully saturated rings. The number of benzene rings is 1. The van der Waals surface area contributed by atoms with Crippen molar-refractivity contribution < 1.29 is 14.3 Å². The highest BCUT2D eigenvalue weighted by atomic mass is 32.1. The summed E-state index contributed by atoms with van der Waals surface area (Å²) in [6.07, 6.45) is 0.166. The van der Waals surface area contributed by atoms with E-state index in [1.165, 1.54) is 0 Å². The van der Waals surface area contributed by atoms with Crippen LogP contribution in [0, 0.1) is 0 Å². The van der Waals surface area contributed by atoms with Crippen LogP contribution in [0.25, 0.3) is 0 Å². The lowest BCUT2D eigenvalue weighted by molar-refractivity contribution is -0.121. The van der Waals surface area contributed by atoms with Gasteiger partial charge in [-0.1, -0.05) is 18.2 Å². The van der Waals surface area contributed by atoms with Crippen LogP contribution >= 0.6 is 11.3 Å². The van der Waals surface area contributed by atoms with E-state index < -0.39 is 0 Å². The Morgan fingerprint density at radius 3 is 2.76 bits per heavy atom. The summed E-state index contributed by atoms with van der Waals surface area (Å²) in [6.45, 7) is 0.417. The van der Waals surface area contributed by atoms with Crippen molar-refractivity contribution in [2.45, 2.75) is 12.5 Å². The Morgan fingerprint density at radius 1 is 1.29 bits per heavy atom. The molecule has 5 heteroatoms. The van der Waals surface area contributed by atoms with Crippen molar-refractivity contribution in [3.05, 3.63) is 52.2 Å². The minimum Gasteiger partial charge on any atom is -0.496 e. The molecule has 1 unspecified atom stereocenters. The third kappa shape index (κ3) is 4.31. The lowest BCUT2D eigenvalue weighted by Crippen LogP contribution is -2.30. The maximum atomic E-state index is 11.9. The first-order valence-electron chi connectivity index (χ1n) is 6.68. The zero-order valence-corrected chi connectivity index (χ0v) is 13.0. The van der Waals surface area contributed by atoms with E-state index >= 15 is 0 Å². The fraction of sp³-hybridized carbons (Fsp3) is 0.312. The number of hydrogen-bond donors (Lipinski definition) is 1. The van der Waals surface area contributed by atoms with Gasteiger partial charge in [-0.3, -0.25) is 4.79 Å². The molecule has 0 radical (unpaired) electrons. The van der Waals surface area contributed by atoms with Gasteiger partial charge >= 0.3 is 0 Å². The molecule has 0 aliphatic carbocycles. The molecule has 0 aliphatic rings. The van der Waals surface area contributed by atoms with E-state index in [1.54, 1.807) is 25.6 Å². The van der Waals surface area contributed by atoms with E-state index in [0.29, 0.717) is 13.0 Å². The molecular formula is C16H19NO3S. The highest BCUT2D eigenvalue weighted by molar-refractivity contribution is 7.07. The second-order valence-corrected chi connectivity index (χ2v) is 5.36. The molecule has 112 valence electrons. The molecule has 21 heavy (non-hydrogen) atoms. The first kappa shape index (κ1) is 15.5. The molecule has 1 aromatic carbocycles. The Hall–Kier alpha value is -1.85. The van der Waals surface area contributed by atoms with Crippen LogP contribution in [-0.2, 0) is 16.0 Å². The number of carbonyl (C=O) groups is 1. The molecular weight excluding hydrogens is 286 g/mol. The van der Waals surface area contributed by atoms with Crippen molar-refractivity contribution in [2.24, 2.45) is 0 Å². The maximum Gasteiger partial charge on any atom is 0.224 e. The zero-order chi connectivity index (χ0) is 15.1. The van der Waals surface area contributed by atoms with Crippen LogP contribution in [0.4, 0.5) is 0 Å². The molecule has 0 bridgehead atoms. The topological polar surface area (TPSA) is 47.6 Å². The van der Waals surface area contributed by atoms with Crippen molar-refractivity contribution in [1.82, 2.24) is 5.32 Å². The van der Waals surface area contributed by atoms with Crippen molar-refractivity contribution >= 4 is 17.2 Å². The number of rotatable bonds is 7. The molecule has 1 atom stereocenters. The van der Waals surface area contributed by atoms with Crippen LogP contribution in [0.15, 0.2) is 41.1 Å². The van der Waals surface area contributed by atoms with Gasteiger partial charge in [0.05, 0.1) is 13.5 Å². The maximum absolute atomic E-state index is 11.9. The summed E-state index contributed by atoms with van der Waals surface area (Å²) in [6, 6.07) is 9.62. The predicted octanol–water partition coefficient (Wildman–Crippen LogP) is 2.80. The van der Waals surface area contributed by atoms with Gasteiger partial charge in [-0.25, -0.2) is 0 Å². The molecule has 0 saturated carbocycles. The van der Waals surface area contributed by atoms with Gasteiger partial charge in [-0.15, -0.1) is 0 Å². The van der Waals surface area contributed by atoms with E-state index in [4.69, 9.17) is 9.47 Å². The Balaban J connectivity index is 1.94. The molecule has 0 spiro atoms. The van der Waals surface area contributed by atoms with Crippen LogP contribution < -0.4 is 10.1 Å². The van der Waals surface area contributed by atoms with E-state index in [1.807, 2.05) is 41.1 Å². The third-order valence-electron chi connectivity index (χ3n) is 3.20. The van der Waals surface area contributed by atoms with Crippen LogP contribution in [0.1, 0.15) is 17.2 Å². The number of nitrogens with one attached hydrogen (secondary N) is 1. The molecule has 4 nitrogen and oxygen atoms in total. The van der Waals surface area contributed by atoms with Gasteiger partial charge in [-0.2, -0.15) is 11.3 Å². The summed E-state index contributed by atoms with van der Waals surface area (Å²) in [5, 5.41) is 6.85. The average Bonchev–Trinajstić information content (AvgIpc) is 3.01. The number of carbonyl (C=O) groups excluding carboxylic acids is 1. The summed E-state index contributed by atoms with van der Waals surface area (Å²) in [7, 11) is 3.25. The van der Waals surface area contributed by atoms with Crippen molar-refractivity contribution in [2.75, 3.05) is 20.8 Å². The molecule has 1 heterocycles. The first-order valence-corrected chi connectivity index (χ1v) is 7.62. The summed E-state index contributed by atoms with van der Waals surface area (Å²) < 4.78 is 10.8. The zero-order valence-electron chi connectivity index (χ0n) is 12.2. The number of hydrogen-bond acceptors (Lipinski definition) is 4. The lowest BCUT2D eigenvalue weighted by Gasteiger charge is -2.19. The van der Waals surface area contributed by atoms with E-state index in [2.05, 4.69) is 5.32 Å². The number of methoxy groups -OCH3 is 2. The third-order valence-corrected chi connectivity index (χ3v) is 3.93. The summed E-state index contributed by atoms with van der Waals surface area (Å²) in [4.78, 5) is 11.9. The van der Waals surface area contributed by atoms with Crippen molar-refractivity contribution in [3.63, 3.8) is 0 Å². The summed E-state index contributed by atoms with van der Waals surface area (Å²) in [5.74, 6) is 0.752. The predicted molar refractivity (Wildman–Crippen MR) is 83.8 cm³/mol. The highest BCUT2D eigenvalue weighted by Gasteiger charge is 2.16. The molecule has 2 rings (SSSR count). The van der Waals surface area contributed by atoms with Gasteiger partial charge in [0.25, 0.3) is 0 Å². The molecule has 1 N–H and O–H groups in total. The molecule has 0 aliphatic heterocycles. The molecule has 2 aromatic rings.